The van der Waals surface area contributed by atoms with Crippen molar-refractivity contribution in [3.8, 4) is 0 Å². The molecule has 2 aliphatic rings. The average molecular weight is 332 g/mol. The van der Waals surface area contributed by atoms with E-state index < -0.39 is 50.7 Å². The molecule has 0 aliphatic heterocycles. The van der Waals surface area contributed by atoms with Gasteiger partial charge in [0.25, 0.3) is 0 Å². The third-order valence-electron chi connectivity index (χ3n) is 4.36. The summed E-state index contributed by atoms with van der Waals surface area (Å²) >= 11 is 0.171. The van der Waals surface area contributed by atoms with Gasteiger partial charge in [-0.2, -0.15) is 8.78 Å². The van der Waals surface area contributed by atoms with Crippen LogP contribution in [-0.2, 0) is 0 Å². The van der Waals surface area contributed by atoms with Crippen molar-refractivity contribution < 1.29 is 26.3 Å². The van der Waals surface area contributed by atoms with Crippen LogP contribution in [0.15, 0.2) is 11.7 Å². The lowest BCUT2D eigenvalue weighted by Crippen LogP contribution is -2.59. The summed E-state index contributed by atoms with van der Waals surface area (Å²) in [5.74, 6) is -9.51. The van der Waals surface area contributed by atoms with Crippen molar-refractivity contribution in [3.63, 3.8) is 0 Å². The van der Waals surface area contributed by atoms with Gasteiger partial charge in [-0.1, -0.05) is 34.6 Å². The second-order valence-corrected chi connectivity index (χ2v) is 9.11. The molecule has 0 amide bonds. The molecular formula is C14H18F6S. The van der Waals surface area contributed by atoms with E-state index in [1.54, 1.807) is 0 Å². The van der Waals surface area contributed by atoms with E-state index in [9.17, 15) is 22.0 Å². The Kier molecular flexibility index (Phi) is 3.36. The summed E-state index contributed by atoms with van der Waals surface area (Å²) in [5.41, 5.74) is -6.40. The monoisotopic (exact) mass is 332 g/mol. The summed E-state index contributed by atoms with van der Waals surface area (Å²) < 4.78 is 85.7. The zero-order chi connectivity index (χ0) is 16.6. The molecule has 0 saturated heterocycles. The van der Waals surface area contributed by atoms with Crippen LogP contribution in [0.2, 0.25) is 0 Å². The number of hydrogen-bond donors (Lipinski definition) is 0. The second kappa shape index (κ2) is 4.15. The first kappa shape index (κ1) is 17.0. The Morgan fingerprint density at radius 2 is 1.48 bits per heavy atom. The minimum Gasteiger partial charge on any atom is -0.229 e. The van der Waals surface area contributed by atoms with E-state index in [4.69, 9.17) is 0 Å². The van der Waals surface area contributed by atoms with E-state index >= 15 is 4.39 Å². The fourth-order valence-corrected chi connectivity index (χ4v) is 5.07. The molecule has 1 fully saturated rings. The highest BCUT2D eigenvalue weighted by atomic mass is 32.2. The quantitative estimate of drug-likeness (QED) is 0.581. The SMILES string of the molecule is CC(C)C12CC(F)(C(F)=C1F)C(F)(F)C2(F)SC(C)(C)C. The molecule has 122 valence electrons. The van der Waals surface area contributed by atoms with E-state index in [0.29, 0.717) is 0 Å². The normalized spacial score (nSPS) is 42.3. The van der Waals surface area contributed by atoms with Crippen molar-refractivity contribution in [2.75, 3.05) is 0 Å². The van der Waals surface area contributed by atoms with E-state index in [0.717, 1.165) is 0 Å². The third-order valence-corrected chi connectivity index (χ3v) is 5.88. The first-order chi connectivity index (χ1) is 9.17. The Balaban J connectivity index is 2.76. The number of halogens is 6. The number of fused-ring (bicyclic) bond motifs is 2. The van der Waals surface area contributed by atoms with Gasteiger partial charge in [-0.25, -0.2) is 17.6 Å². The van der Waals surface area contributed by atoms with E-state index in [1.165, 1.54) is 34.6 Å². The molecule has 0 radical (unpaired) electrons. The third kappa shape index (κ3) is 1.67. The summed E-state index contributed by atoms with van der Waals surface area (Å²) in [6.45, 7) is 7.02. The molecule has 2 rings (SSSR count). The van der Waals surface area contributed by atoms with Crippen molar-refractivity contribution in [2.45, 2.75) is 62.4 Å². The van der Waals surface area contributed by atoms with Crippen LogP contribution in [0.3, 0.4) is 0 Å². The lowest BCUT2D eigenvalue weighted by Gasteiger charge is -2.47. The molecule has 3 unspecified atom stereocenters. The maximum atomic E-state index is 15.4. The maximum Gasteiger partial charge on any atom is 0.331 e. The molecule has 0 N–H and O–H groups in total. The Morgan fingerprint density at radius 3 is 1.86 bits per heavy atom. The van der Waals surface area contributed by atoms with Gasteiger partial charge in [0.1, 0.15) is 5.83 Å². The lowest BCUT2D eigenvalue weighted by atomic mass is 9.73. The summed E-state index contributed by atoms with van der Waals surface area (Å²) in [6, 6.07) is 0. The number of alkyl halides is 4. The summed E-state index contributed by atoms with van der Waals surface area (Å²) in [5, 5.41) is -3.54. The molecule has 2 bridgehead atoms. The average Bonchev–Trinajstić information content (AvgIpc) is 2.56. The van der Waals surface area contributed by atoms with Crippen LogP contribution in [-0.4, -0.2) is 21.3 Å². The van der Waals surface area contributed by atoms with Crippen LogP contribution in [0.1, 0.15) is 41.0 Å². The highest BCUT2D eigenvalue weighted by Gasteiger charge is 2.91. The number of thioether (sulfide) groups is 1. The van der Waals surface area contributed by atoms with Crippen LogP contribution >= 0.6 is 11.8 Å². The molecule has 0 nitrogen and oxygen atoms in total. The molecule has 3 atom stereocenters. The summed E-state index contributed by atoms with van der Waals surface area (Å²) in [6.07, 6.45) is -1.21. The fourth-order valence-electron chi connectivity index (χ4n) is 3.35. The molecule has 0 spiro atoms. The molecule has 7 heteroatoms. The largest absolute Gasteiger partial charge is 0.331 e. The van der Waals surface area contributed by atoms with Crippen molar-refractivity contribution in [2.24, 2.45) is 11.3 Å². The van der Waals surface area contributed by atoms with Gasteiger partial charge in [0, 0.05) is 11.2 Å². The van der Waals surface area contributed by atoms with Gasteiger partial charge in [-0.15, -0.1) is 11.8 Å². The molecule has 21 heavy (non-hydrogen) atoms. The van der Waals surface area contributed by atoms with Crippen molar-refractivity contribution in [1.29, 1.82) is 0 Å². The van der Waals surface area contributed by atoms with Gasteiger partial charge in [0.2, 0.25) is 10.7 Å². The summed E-state index contributed by atoms with van der Waals surface area (Å²) in [4.78, 5) is 0. The Bertz CT molecular complexity index is 508. The van der Waals surface area contributed by atoms with Gasteiger partial charge in [-0.3, -0.25) is 0 Å². The van der Waals surface area contributed by atoms with Gasteiger partial charge in [-0.05, 0) is 5.92 Å². The van der Waals surface area contributed by atoms with Crippen LogP contribution in [0.4, 0.5) is 26.3 Å². The molecular weight excluding hydrogens is 314 g/mol. The van der Waals surface area contributed by atoms with Crippen LogP contribution in [0, 0.1) is 11.3 Å². The van der Waals surface area contributed by atoms with Crippen molar-refractivity contribution >= 4 is 11.8 Å². The van der Waals surface area contributed by atoms with Gasteiger partial charge in [0.05, 0.1) is 5.41 Å². The Hall–Kier alpha value is -0.330. The molecule has 1 saturated carbocycles. The Labute approximate surface area is 124 Å². The standard InChI is InChI=1S/C14H18F6S/c1-7(2)11-6-12(17,9(16)8(11)15)13(18,19)14(11,20)21-10(3,4)5/h7H,6H2,1-5H3. The maximum absolute atomic E-state index is 15.4. The summed E-state index contributed by atoms with van der Waals surface area (Å²) in [7, 11) is 0. The first-order valence-electron chi connectivity index (χ1n) is 6.69. The highest BCUT2D eigenvalue weighted by Crippen LogP contribution is 2.79. The van der Waals surface area contributed by atoms with E-state index in [2.05, 4.69) is 0 Å². The minimum atomic E-state index is -4.64. The smallest absolute Gasteiger partial charge is 0.229 e. The zero-order valence-electron chi connectivity index (χ0n) is 12.5. The number of rotatable bonds is 2. The van der Waals surface area contributed by atoms with Gasteiger partial charge >= 0.3 is 5.92 Å². The molecule has 2 aliphatic carbocycles. The second-order valence-electron chi connectivity index (χ2n) is 7.12. The molecule has 0 aromatic heterocycles. The lowest BCUT2D eigenvalue weighted by molar-refractivity contribution is -0.172. The van der Waals surface area contributed by atoms with Crippen LogP contribution in [0.25, 0.3) is 0 Å². The highest BCUT2D eigenvalue weighted by molar-refractivity contribution is 8.01. The molecule has 0 heterocycles. The zero-order valence-corrected chi connectivity index (χ0v) is 13.3. The van der Waals surface area contributed by atoms with Gasteiger partial charge < -0.3 is 0 Å². The number of allylic oxidation sites excluding steroid dienone is 2. The molecule has 0 aromatic rings. The van der Waals surface area contributed by atoms with Crippen molar-refractivity contribution in [3.05, 3.63) is 11.7 Å². The van der Waals surface area contributed by atoms with Crippen molar-refractivity contribution in [1.82, 2.24) is 0 Å². The fraction of sp³-hybridized carbons (Fsp3) is 0.857. The minimum absolute atomic E-state index is 0.171. The number of hydrogen-bond acceptors (Lipinski definition) is 1. The Morgan fingerprint density at radius 1 is 1.00 bits per heavy atom. The van der Waals surface area contributed by atoms with Gasteiger partial charge in [0.15, 0.2) is 5.83 Å². The molecule has 0 aromatic carbocycles. The van der Waals surface area contributed by atoms with Crippen LogP contribution in [0.5, 0.6) is 0 Å². The first-order valence-corrected chi connectivity index (χ1v) is 7.51. The predicted octanol–water partition coefficient (Wildman–Crippen LogP) is 5.74. The van der Waals surface area contributed by atoms with E-state index in [-0.39, 0.29) is 11.8 Å². The van der Waals surface area contributed by atoms with E-state index in [1.807, 2.05) is 0 Å². The predicted molar refractivity (Wildman–Crippen MR) is 71.1 cm³/mol. The van der Waals surface area contributed by atoms with Crippen LogP contribution < -0.4 is 0 Å². The topological polar surface area (TPSA) is 0 Å².